The van der Waals surface area contributed by atoms with Crippen molar-refractivity contribution in [3.8, 4) is 0 Å². The summed E-state index contributed by atoms with van der Waals surface area (Å²) in [6, 6.07) is 6.42. The number of fused-ring (bicyclic) bond motifs is 1. The smallest absolute Gasteiger partial charge is 0.123 e. The maximum absolute atomic E-state index is 13.7. The van der Waals surface area contributed by atoms with Crippen LogP contribution in [0.5, 0.6) is 0 Å². The Kier molecular flexibility index (Phi) is 4.48. The molecule has 0 aromatic heterocycles. The molecular formula is C18H27FN2. The molecule has 2 atom stereocenters. The first-order chi connectivity index (χ1) is 10.1. The number of piperidine rings is 1. The largest absolute Gasteiger partial charge is 0.368 e. The van der Waals surface area contributed by atoms with Crippen LogP contribution in [0.4, 0.5) is 10.1 Å². The van der Waals surface area contributed by atoms with E-state index < -0.39 is 0 Å². The fraction of sp³-hybridized carbons (Fsp3) is 0.667. The van der Waals surface area contributed by atoms with Crippen molar-refractivity contribution < 1.29 is 4.39 Å². The number of anilines is 1. The molecule has 2 nitrogen and oxygen atoms in total. The molecule has 1 saturated heterocycles. The second-order valence-electron chi connectivity index (χ2n) is 6.90. The van der Waals surface area contributed by atoms with Crippen molar-refractivity contribution in [2.45, 2.75) is 64.6 Å². The molecular weight excluding hydrogens is 263 g/mol. The summed E-state index contributed by atoms with van der Waals surface area (Å²) in [6.45, 7) is 6.14. The lowest BCUT2D eigenvalue weighted by Crippen LogP contribution is -2.43. The van der Waals surface area contributed by atoms with Gasteiger partial charge in [-0.2, -0.15) is 0 Å². The molecule has 2 fully saturated rings. The van der Waals surface area contributed by atoms with Gasteiger partial charge < -0.3 is 10.2 Å². The zero-order chi connectivity index (χ0) is 14.8. The summed E-state index contributed by atoms with van der Waals surface area (Å²) in [6.07, 6.45) is 6.69. The highest BCUT2D eigenvalue weighted by atomic mass is 19.1. The van der Waals surface area contributed by atoms with Crippen molar-refractivity contribution in [3.63, 3.8) is 0 Å². The normalized spacial score (nSPS) is 25.4. The first-order valence-corrected chi connectivity index (χ1v) is 8.43. The molecule has 1 aliphatic carbocycles. The summed E-state index contributed by atoms with van der Waals surface area (Å²) >= 11 is 0. The van der Waals surface area contributed by atoms with Gasteiger partial charge in [0.1, 0.15) is 5.82 Å². The van der Waals surface area contributed by atoms with E-state index in [2.05, 4.69) is 24.1 Å². The molecule has 0 spiro atoms. The Morgan fingerprint density at radius 2 is 2.05 bits per heavy atom. The zero-order valence-corrected chi connectivity index (χ0v) is 13.2. The Morgan fingerprint density at radius 1 is 1.24 bits per heavy atom. The number of nitrogens with zero attached hydrogens (tertiary/aromatic N) is 1. The highest BCUT2D eigenvalue weighted by Crippen LogP contribution is 2.40. The van der Waals surface area contributed by atoms with Crippen LogP contribution in [-0.2, 0) is 6.54 Å². The minimum Gasteiger partial charge on any atom is -0.368 e. The minimum absolute atomic E-state index is 0.126. The van der Waals surface area contributed by atoms with Crippen LogP contribution in [0.1, 0.15) is 51.5 Å². The first-order valence-electron chi connectivity index (χ1n) is 8.43. The summed E-state index contributed by atoms with van der Waals surface area (Å²) in [5, 5.41) is 3.43. The van der Waals surface area contributed by atoms with E-state index in [9.17, 15) is 4.39 Å². The number of rotatable bonds is 4. The summed E-state index contributed by atoms with van der Waals surface area (Å²) in [5.41, 5.74) is 2.36. The maximum Gasteiger partial charge on any atom is 0.123 e. The van der Waals surface area contributed by atoms with Gasteiger partial charge in [0.05, 0.1) is 0 Å². The number of hydrogen-bond acceptors (Lipinski definition) is 2. The number of hydrogen-bond donors (Lipinski definition) is 1. The minimum atomic E-state index is -0.126. The SMILES string of the molecule is CC(C)NCc1cc(F)ccc1N1CCCC2CCCC21. The molecule has 1 aromatic carbocycles. The van der Waals surface area contributed by atoms with Crippen LogP contribution < -0.4 is 10.2 Å². The third kappa shape index (κ3) is 3.23. The second kappa shape index (κ2) is 6.35. The van der Waals surface area contributed by atoms with E-state index in [0.717, 1.165) is 24.6 Å². The van der Waals surface area contributed by atoms with Gasteiger partial charge in [-0.3, -0.25) is 0 Å². The monoisotopic (exact) mass is 290 g/mol. The van der Waals surface area contributed by atoms with Crippen molar-refractivity contribution in [1.82, 2.24) is 5.32 Å². The Morgan fingerprint density at radius 3 is 2.86 bits per heavy atom. The molecule has 1 N–H and O–H groups in total. The average Bonchev–Trinajstić information content (AvgIpc) is 2.93. The lowest BCUT2D eigenvalue weighted by molar-refractivity contribution is 0.361. The van der Waals surface area contributed by atoms with Crippen molar-refractivity contribution >= 4 is 5.69 Å². The molecule has 1 heterocycles. The van der Waals surface area contributed by atoms with Gasteiger partial charge in [-0.1, -0.05) is 20.3 Å². The molecule has 2 unspecified atom stereocenters. The Labute approximate surface area is 127 Å². The van der Waals surface area contributed by atoms with Gasteiger partial charge in [-0.05, 0) is 55.4 Å². The van der Waals surface area contributed by atoms with Crippen LogP contribution in [0.15, 0.2) is 18.2 Å². The van der Waals surface area contributed by atoms with Crippen LogP contribution in [0.25, 0.3) is 0 Å². The molecule has 3 rings (SSSR count). The van der Waals surface area contributed by atoms with Gasteiger partial charge in [0.15, 0.2) is 0 Å². The van der Waals surface area contributed by atoms with E-state index in [1.165, 1.54) is 37.8 Å². The van der Waals surface area contributed by atoms with E-state index in [1.54, 1.807) is 12.1 Å². The fourth-order valence-corrected chi connectivity index (χ4v) is 4.04. The third-order valence-electron chi connectivity index (χ3n) is 5.04. The predicted octanol–water partition coefficient (Wildman–Crippen LogP) is 4.09. The lowest BCUT2D eigenvalue weighted by Gasteiger charge is -2.40. The van der Waals surface area contributed by atoms with Gasteiger partial charge in [-0.15, -0.1) is 0 Å². The van der Waals surface area contributed by atoms with Gasteiger partial charge >= 0.3 is 0 Å². The van der Waals surface area contributed by atoms with Gasteiger partial charge in [0.25, 0.3) is 0 Å². The Bertz CT molecular complexity index is 486. The van der Waals surface area contributed by atoms with Crippen LogP contribution >= 0.6 is 0 Å². The quantitative estimate of drug-likeness (QED) is 0.898. The molecule has 0 radical (unpaired) electrons. The Hall–Kier alpha value is -1.09. The topological polar surface area (TPSA) is 15.3 Å². The second-order valence-corrected chi connectivity index (χ2v) is 6.90. The van der Waals surface area contributed by atoms with Crippen molar-refractivity contribution in [1.29, 1.82) is 0 Å². The molecule has 116 valence electrons. The average molecular weight is 290 g/mol. The zero-order valence-electron chi connectivity index (χ0n) is 13.2. The first kappa shape index (κ1) is 14.8. The molecule has 1 saturated carbocycles. The van der Waals surface area contributed by atoms with E-state index in [1.807, 2.05) is 6.07 Å². The lowest BCUT2D eigenvalue weighted by atomic mass is 9.91. The van der Waals surface area contributed by atoms with Crippen LogP contribution in [0.2, 0.25) is 0 Å². The van der Waals surface area contributed by atoms with Gasteiger partial charge in [0, 0.05) is 30.9 Å². The van der Waals surface area contributed by atoms with E-state index in [4.69, 9.17) is 0 Å². The van der Waals surface area contributed by atoms with Crippen molar-refractivity contribution in [3.05, 3.63) is 29.6 Å². The van der Waals surface area contributed by atoms with E-state index in [0.29, 0.717) is 12.1 Å². The van der Waals surface area contributed by atoms with Gasteiger partial charge in [0.2, 0.25) is 0 Å². The van der Waals surface area contributed by atoms with Gasteiger partial charge in [-0.25, -0.2) is 4.39 Å². The van der Waals surface area contributed by atoms with E-state index >= 15 is 0 Å². The fourth-order valence-electron chi connectivity index (χ4n) is 4.04. The summed E-state index contributed by atoms with van der Waals surface area (Å²) in [4.78, 5) is 2.57. The van der Waals surface area contributed by atoms with Crippen LogP contribution in [0.3, 0.4) is 0 Å². The molecule has 1 aromatic rings. The predicted molar refractivity (Wildman–Crippen MR) is 86.1 cm³/mol. The Balaban J connectivity index is 1.86. The van der Waals surface area contributed by atoms with Crippen molar-refractivity contribution in [2.75, 3.05) is 11.4 Å². The van der Waals surface area contributed by atoms with E-state index in [-0.39, 0.29) is 5.82 Å². The summed E-state index contributed by atoms with van der Waals surface area (Å²) in [5.74, 6) is 0.731. The highest BCUT2D eigenvalue weighted by Gasteiger charge is 2.35. The van der Waals surface area contributed by atoms with Crippen molar-refractivity contribution in [2.24, 2.45) is 5.92 Å². The van der Waals surface area contributed by atoms with Crippen LogP contribution in [-0.4, -0.2) is 18.6 Å². The highest BCUT2D eigenvalue weighted by molar-refractivity contribution is 5.55. The summed E-state index contributed by atoms with van der Waals surface area (Å²) < 4.78 is 13.7. The molecule has 21 heavy (non-hydrogen) atoms. The number of halogens is 1. The van der Waals surface area contributed by atoms with Crippen LogP contribution in [0, 0.1) is 11.7 Å². The third-order valence-corrected chi connectivity index (χ3v) is 5.04. The number of benzene rings is 1. The molecule has 1 aliphatic heterocycles. The molecule has 0 amide bonds. The molecule has 0 bridgehead atoms. The number of nitrogens with one attached hydrogen (secondary N) is 1. The molecule has 2 aliphatic rings. The maximum atomic E-state index is 13.7. The summed E-state index contributed by atoms with van der Waals surface area (Å²) in [7, 11) is 0. The standard InChI is InChI=1S/C18H27FN2/c1-13(2)20-12-15-11-16(19)8-9-18(15)21-10-4-6-14-5-3-7-17(14)21/h8-9,11,13-14,17,20H,3-7,10,12H2,1-2H3. The molecule has 3 heteroatoms.